The number of ether oxygens (including phenoxy) is 1. The zero-order chi connectivity index (χ0) is 17.7. The van der Waals surface area contributed by atoms with Gasteiger partial charge in [-0.3, -0.25) is 4.79 Å². The maximum Gasteiger partial charge on any atom is 0.260 e. The third kappa shape index (κ3) is 4.50. The number of amides is 1. The van der Waals surface area contributed by atoms with Gasteiger partial charge in [-0.1, -0.05) is 32.0 Å². The second kappa shape index (κ2) is 8.01. The van der Waals surface area contributed by atoms with Crippen LogP contribution in [0.4, 0.5) is 0 Å². The Bertz CT molecular complexity index is 671. The van der Waals surface area contributed by atoms with Crippen LogP contribution in [0, 0.1) is 0 Å². The van der Waals surface area contributed by atoms with Gasteiger partial charge in [-0.15, -0.1) is 0 Å². The maximum atomic E-state index is 12.5. The summed E-state index contributed by atoms with van der Waals surface area (Å²) < 4.78 is 29.1. The third-order valence-electron chi connectivity index (χ3n) is 4.72. The number of rotatable bonds is 7. The minimum Gasteiger partial charge on any atom is -0.483 e. The Morgan fingerprint density at radius 1 is 1.33 bits per heavy atom. The average molecular weight is 353 g/mol. The van der Waals surface area contributed by atoms with E-state index in [4.69, 9.17) is 4.74 Å². The SMILES string of the molecule is CCC(C)c1ccccc1OCC(=O)N(CC)C1CCS(=O)(=O)C1. The second-order valence-electron chi connectivity index (χ2n) is 6.37. The first-order valence-electron chi connectivity index (χ1n) is 8.59. The van der Waals surface area contributed by atoms with Crippen LogP contribution in [0.3, 0.4) is 0 Å². The van der Waals surface area contributed by atoms with E-state index in [1.165, 1.54) is 0 Å². The van der Waals surface area contributed by atoms with Crippen molar-refractivity contribution in [2.75, 3.05) is 24.7 Å². The highest BCUT2D eigenvalue weighted by atomic mass is 32.2. The van der Waals surface area contributed by atoms with Crippen LogP contribution < -0.4 is 4.74 Å². The molecule has 0 aromatic heterocycles. The summed E-state index contributed by atoms with van der Waals surface area (Å²) in [6.45, 7) is 6.56. The number of sulfone groups is 1. The Labute approximate surface area is 144 Å². The highest BCUT2D eigenvalue weighted by Gasteiger charge is 2.34. The van der Waals surface area contributed by atoms with Gasteiger partial charge in [0.25, 0.3) is 5.91 Å². The van der Waals surface area contributed by atoms with Crippen LogP contribution in [0.1, 0.15) is 45.1 Å². The molecule has 0 aliphatic carbocycles. The zero-order valence-corrected chi connectivity index (χ0v) is 15.5. The molecule has 5 nitrogen and oxygen atoms in total. The van der Waals surface area contributed by atoms with Crippen LogP contribution in [-0.2, 0) is 14.6 Å². The van der Waals surface area contributed by atoms with Crippen LogP contribution in [0.5, 0.6) is 5.75 Å². The molecule has 0 radical (unpaired) electrons. The van der Waals surface area contributed by atoms with Gasteiger partial charge in [0, 0.05) is 12.6 Å². The largest absolute Gasteiger partial charge is 0.483 e. The number of likely N-dealkylation sites (N-methyl/N-ethyl adjacent to an activating group) is 1. The lowest BCUT2D eigenvalue weighted by atomic mass is 9.98. The number of carbonyl (C=O) groups is 1. The fraction of sp³-hybridized carbons (Fsp3) is 0.611. The topological polar surface area (TPSA) is 63.7 Å². The molecule has 0 spiro atoms. The predicted molar refractivity (Wildman–Crippen MR) is 95.1 cm³/mol. The summed E-state index contributed by atoms with van der Waals surface area (Å²) in [4.78, 5) is 14.1. The van der Waals surface area contributed by atoms with E-state index in [0.717, 1.165) is 17.7 Å². The molecule has 0 bridgehead atoms. The molecular formula is C18H27NO4S. The molecule has 1 amide bonds. The van der Waals surface area contributed by atoms with E-state index in [-0.39, 0.29) is 30.1 Å². The van der Waals surface area contributed by atoms with Crippen molar-refractivity contribution >= 4 is 15.7 Å². The van der Waals surface area contributed by atoms with Gasteiger partial charge in [-0.25, -0.2) is 8.42 Å². The molecule has 0 saturated carbocycles. The normalized spacial score (nSPS) is 20.5. The zero-order valence-electron chi connectivity index (χ0n) is 14.7. The first kappa shape index (κ1) is 18.8. The maximum absolute atomic E-state index is 12.5. The molecule has 134 valence electrons. The van der Waals surface area contributed by atoms with Crippen molar-refractivity contribution < 1.29 is 17.9 Å². The summed E-state index contributed by atoms with van der Waals surface area (Å²) in [6.07, 6.45) is 1.51. The van der Waals surface area contributed by atoms with Crippen LogP contribution in [-0.4, -0.2) is 49.9 Å². The first-order chi connectivity index (χ1) is 11.4. The lowest BCUT2D eigenvalue weighted by molar-refractivity contribution is -0.135. The van der Waals surface area contributed by atoms with Gasteiger partial charge in [0.05, 0.1) is 11.5 Å². The molecule has 1 saturated heterocycles. The number of benzene rings is 1. The summed E-state index contributed by atoms with van der Waals surface area (Å²) in [7, 11) is -3.01. The molecule has 6 heteroatoms. The van der Waals surface area contributed by atoms with Crippen LogP contribution in [0.15, 0.2) is 24.3 Å². The smallest absolute Gasteiger partial charge is 0.260 e. The van der Waals surface area contributed by atoms with Gasteiger partial charge in [0.2, 0.25) is 0 Å². The van der Waals surface area contributed by atoms with Gasteiger partial charge in [-0.05, 0) is 37.3 Å². The number of hydrogen-bond acceptors (Lipinski definition) is 4. The van der Waals surface area contributed by atoms with Crippen LogP contribution in [0.2, 0.25) is 0 Å². The highest BCUT2D eigenvalue weighted by Crippen LogP contribution is 2.28. The second-order valence-corrected chi connectivity index (χ2v) is 8.60. The molecule has 2 unspecified atom stereocenters. The molecule has 2 atom stereocenters. The van der Waals surface area contributed by atoms with Crippen molar-refractivity contribution in [3.63, 3.8) is 0 Å². The van der Waals surface area contributed by atoms with Crippen LogP contribution >= 0.6 is 0 Å². The van der Waals surface area contributed by atoms with Crippen LogP contribution in [0.25, 0.3) is 0 Å². The fourth-order valence-corrected chi connectivity index (χ4v) is 4.85. The van der Waals surface area contributed by atoms with Crippen molar-refractivity contribution in [3.8, 4) is 5.75 Å². The Morgan fingerprint density at radius 2 is 2.04 bits per heavy atom. The van der Waals surface area contributed by atoms with Crippen molar-refractivity contribution in [2.45, 2.75) is 45.6 Å². The summed E-state index contributed by atoms with van der Waals surface area (Å²) >= 11 is 0. The van der Waals surface area contributed by atoms with E-state index >= 15 is 0 Å². The van der Waals surface area contributed by atoms with Crippen molar-refractivity contribution in [1.82, 2.24) is 4.90 Å². The number of carbonyl (C=O) groups excluding carboxylic acids is 1. The molecule has 1 aliphatic heterocycles. The lowest BCUT2D eigenvalue weighted by Crippen LogP contribution is -2.43. The van der Waals surface area contributed by atoms with E-state index in [2.05, 4.69) is 13.8 Å². The molecule has 24 heavy (non-hydrogen) atoms. The van der Waals surface area contributed by atoms with Gasteiger partial charge >= 0.3 is 0 Å². The van der Waals surface area contributed by atoms with E-state index < -0.39 is 9.84 Å². The van der Waals surface area contributed by atoms with E-state index in [1.54, 1.807) is 4.90 Å². The Kier molecular flexibility index (Phi) is 6.27. The molecule has 1 aliphatic rings. The highest BCUT2D eigenvalue weighted by molar-refractivity contribution is 7.91. The first-order valence-corrected chi connectivity index (χ1v) is 10.4. The molecule has 1 heterocycles. The minimum absolute atomic E-state index is 0.0577. The summed E-state index contributed by atoms with van der Waals surface area (Å²) in [5.74, 6) is 1.17. The Morgan fingerprint density at radius 3 is 2.62 bits per heavy atom. The van der Waals surface area contributed by atoms with Gasteiger partial charge in [0.1, 0.15) is 5.75 Å². The molecular weight excluding hydrogens is 326 g/mol. The van der Waals surface area contributed by atoms with Crippen molar-refractivity contribution in [3.05, 3.63) is 29.8 Å². The van der Waals surface area contributed by atoms with Gasteiger partial charge in [0.15, 0.2) is 16.4 Å². The molecule has 1 aromatic rings. The summed E-state index contributed by atoms with van der Waals surface area (Å²) in [5, 5.41) is 0. The average Bonchev–Trinajstić information content (AvgIpc) is 2.92. The fourth-order valence-electron chi connectivity index (χ4n) is 3.12. The number of para-hydroxylation sites is 1. The van der Waals surface area contributed by atoms with Gasteiger partial charge < -0.3 is 9.64 Å². The molecule has 1 fully saturated rings. The number of nitrogens with zero attached hydrogens (tertiary/aromatic N) is 1. The van der Waals surface area contributed by atoms with E-state index in [9.17, 15) is 13.2 Å². The monoisotopic (exact) mass is 353 g/mol. The molecule has 0 N–H and O–H groups in total. The standard InChI is InChI=1S/C18H27NO4S/c1-4-14(3)16-8-6-7-9-17(16)23-12-18(20)19(5-2)15-10-11-24(21,22)13-15/h6-9,14-15H,4-5,10-13H2,1-3H3. The van der Waals surface area contributed by atoms with Crippen molar-refractivity contribution in [2.24, 2.45) is 0 Å². The molecule has 2 rings (SSSR count). The van der Waals surface area contributed by atoms with E-state index in [0.29, 0.717) is 18.9 Å². The minimum atomic E-state index is -3.01. The molecule has 1 aromatic carbocycles. The van der Waals surface area contributed by atoms with Gasteiger partial charge in [-0.2, -0.15) is 0 Å². The number of hydrogen-bond donors (Lipinski definition) is 0. The predicted octanol–water partition coefficient (Wildman–Crippen LogP) is 2.61. The van der Waals surface area contributed by atoms with Crippen molar-refractivity contribution in [1.29, 1.82) is 0 Å². The lowest BCUT2D eigenvalue weighted by Gasteiger charge is -2.27. The summed E-state index contributed by atoms with van der Waals surface area (Å²) in [6, 6.07) is 7.55. The Balaban J connectivity index is 2.02. The Hall–Kier alpha value is -1.56. The third-order valence-corrected chi connectivity index (χ3v) is 6.47. The summed E-state index contributed by atoms with van der Waals surface area (Å²) in [5.41, 5.74) is 1.10. The van der Waals surface area contributed by atoms with E-state index in [1.807, 2.05) is 31.2 Å². The quantitative estimate of drug-likeness (QED) is 0.756.